The molecular formula is C19H23F2N3O3S. The summed E-state index contributed by atoms with van der Waals surface area (Å²) in [7, 11) is 0.863. The van der Waals surface area contributed by atoms with Gasteiger partial charge in [0, 0.05) is 38.0 Å². The number of rotatable bonds is 7. The molecule has 9 heteroatoms. The Balaban J connectivity index is 2.09. The summed E-state index contributed by atoms with van der Waals surface area (Å²) >= 11 is 0. The van der Waals surface area contributed by atoms with Crippen molar-refractivity contribution >= 4 is 21.6 Å². The Morgan fingerprint density at radius 1 is 1.11 bits per heavy atom. The Kier molecular flexibility index (Phi) is 6.87. The van der Waals surface area contributed by atoms with Crippen LogP contribution in [0.25, 0.3) is 0 Å². The number of nitrogens with zero attached hydrogens (tertiary/aromatic N) is 2. The molecule has 1 unspecified atom stereocenters. The van der Waals surface area contributed by atoms with E-state index in [1.807, 2.05) is 0 Å². The van der Waals surface area contributed by atoms with Crippen LogP contribution in [0.2, 0.25) is 0 Å². The summed E-state index contributed by atoms with van der Waals surface area (Å²) in [6.07, 6.45) is 0. The van der Waals surface area contributed by atoms with Crippen LogP contribution in [0.4, 0.5) is 14.5 Å². The van der Waals surface area contributed by atoms with Gasteiger partial charge in [-0.05, 0) is 38.2 Å². The molecule has 0 saturated heterocycles. The number of amides is 1. The van der Waals surface area contributed by atoms with E-state index in [0.717, 1.165) is 16.4 Å². The number of nitrogens with one attached hydrogen (secondary N) is 1. The van der Waals surface area contributed by atoms with Gasteiger partial charge in [0.2, 0.25) is 15.9 Å². The minimum absolute atomic E-state index is 0.0599. The molecule has 0 aliphatic rings. The molecule has 28 heavy (non-hydrogen) atoms. The third-order valence-electron chi connectivity index (χ3n) is 4.36. The van der Waals surface area contributed by atoms with Crippen LogP contribution in [-0.4, -0.2) is 50.7 Å². The Morgan fingerprint density at radius 3 is 2.39 bits per heavy atom. The van der Waals surface area contributed by atoms with Gasteiger partial charge >= 0.3 is 0 Å². The molecule has 0 aliphatic heterocycles. The summed E-state index contributed by atoms with van der Waals surface area (Å²) in [4.78, 5) is 14.2. The average Bonchev–Trinajstić information content (AvgIpc) is 2.63. The second kappa shape index (κ2) is 8.76. The molecule has 1 amide bonds. The minimum Gasteiger partial charge on any atom is -0.325 e. The number of carbonyl (C=O) groups excluding carboxylic acids is 1. The maximum atomic E-state index is 13.8. The first-order valence-corrected chi connectivity index (χ1v) is 9.94. The summed E-state index contributed by atoms with van der Waals surface area (Å²) in [6.45, 7) is 1.74. The second-order valence-corrected chi connectivity index (χ2v) is 8.78. The molecule has 2 aromatic rings. The molecule has 0 aromatic heterocycles. The van der Waals surface area contributed by atoms with Crippen LogP contribution < -0.4 is 5.32 Å². The fourth-order valence-electron chi connectivity index (χ4n) is 2.45. The van der Waals surface area contributed by atoms with Gasteiger partial charge in [-0.25, -0.2) is 21.5 Å². The highest BCUT2D eigenvalue weighted by molar-refractivity contribution is 7.89. The summed E-state index contributed by atoms with van der Waals surface area (Å²) in [5.41, 5.74) is 0.601. The smallest absolute Gasteiger partial charge is 0.242 e. The molecular weight excluding hydrogens is 388 g/mol. The standard InChI is InChI=1S/C19H23F2N3O3S/c1-13(24(4)12-14-8-9-15(20)10-18(14)21)19(25)22-16-6-5-7-17(11-16)28(26,27)23(2)3/h5-11,13H,12H2,1-4H3,(H,22,25). The van der Waals surface area contributed by atoms with E-state index in [-0.39, 0.29) is 22.9 Å². The van der Waals surface area contributed by atoms with Crippen molar-refractivity contribution in [3.8, 4) is 0 Å². The molecule has 6 nitrogen and oxygen atoms in total. The minimum atomic E-state index is -3.62. The third-order valence-corrected chi connectivity index (χ3v) is 6.17. The van der Waals surface area contributed by atoms with E-state index in [1.165, 1.54) is 38.4 Å². The molecule has 0 spiro atoms. The van der Waals surface area contributed by atoms with E-state index in [2.05, 4.69) is 5.32 Å². The predicted octanol–water partition coefficient (Wildman–Crippen LogP) is 2.67. The molecule has 0 saturated carbocycles. The van der Waals surface area contributed by atoms with Gasteiger partial charge in [-0.2, -0.15) is 0 Å². The largest absolute Gasteiger partial charge is 0.325 e. The normalized spacial score (nSPS) is 13.0. The Labute approximate surface area is 163 Å². The fraction of sp³-hybridized carbons (Fsp3) is 0.316. The first-order chi connectivity index (χ1) is 13.0. The zero-order valence-corrected chi connectivity index (χ0v) is 16.9. The van der Waals surface area contributed by atoms with Crippen molar-refractivity contribution in [2.75, 3.05) is 26.5 Å². The van der Waals surface area contributed by atoms with E-state index < -0.39 is 27.7 Å². The lowest BCUT2D eigenvalue weighted by Gasteiger charge is -2.24. The van der Waals surface area contributed by atoms with E-state index in [9.17, 15) is 22.0 Å². The van der Waals surface area contributed by atoms with Gasteiger partial charge in [-0.15, -0.1) is 0 Å². The highest BCUT2D eigenvalue weighted by atomic mass is 32.2. The number of likely N-dealkylation sites (N-methyl/N-ethyl adjacent to an activating group) is 1. The van der Waals surface area contributed by atoms with Crippen molar-refractivity contribution in [3.63, 3.8) is 0 Å². The van der Waals surface area contributed by atoms with Crippen LogP contribution in [0.3, 0.4) is 0 Å². The van der Waals surface area contributed by atoms with E-state index >= 15 is 0 Å². The first-order valence-electron chi connectivity index (χ1n) is 8.50. The quantitative estimate of drug-likeness (QED) is 0.761. The van der Waals surface area contributed by atoms with Crippen LogP contribution in [0.15, 0.2) is 47.4 Å². The Bertz CT molecular complexity index is 965. The summed E-state index contributed by atoms with van der Waals surface area (Å²) in [6, 6.07) is 8.59. The third kappa shape index (κ3) is 5.12. The highest BCUT2D eigenvalue weighted by Crippen LogP contribution is 2.19. The second-order valence-electron chi connectivity index (χ2n) is 6.63. The lowest BCUT2D eigenvalue weighted by Crippen LogP contribution is -2.39. The highest BCUT2D eigenvalue weighted by Gasteiger charge is 2.21. The summed E-state index contributed by atoms with van der Waals surface area (Å²) in [5.74, 6) is -1.73. The molecule has 152 valence electrons. The van der Waals surface area contributed by atoms with Gasteiger partial charge in [0.15, 0.2) is 0 Å². The predicted molar refractivity (Wildman–Crippen MR) is 103 cm³/mol. The van der Waals surface area contributed by atoms with Crippen LogP contribution in [0.1, 0.15) is 12.5 Å². The van der Waals surface area contributed by atoms with Crippen molar-refractivity contribution < 1.29 is 22.0 Å². The SMILES string of the molecule is CC(C(=O)Nc1cccc(S(=O)(=O)N(C)C)c1)N(C)Cc1ccc(F)cc1F. The van der Waals surface area contributed by atoms with Crippen molar-refractivity contribution in [1.82, 2.24) is 9.21 Å². The molecule has 0 fully saturated rings. The van der Waals surface area contributed by atoms with Crippen molar-refractivity contribution in [2.24, 2.45) is 0 Å². The number of hydrogen-bond acceptors (Lipinski definition) is 4. The van der Waals surface area contributed by atoms with Gasteiger partial charge in [-0.1, -0.05) is 12.1 Å². The van der Waals surface area contributed by atoms with Gasteiger partial charge in [-0.3, -0.25) is 9.69 Å². The molecule has 0 heterocycles. The van der Waals surface area contributed by atoms with Gasteiger partial charge < -0.3 is 5.32 Å². The van der Waals surface area contributed by atoms with Crippen LogP contribution in [0, 0.1) is 11.6 Å². The zero-order chi connectivity index (χ0) is 21.1. The van der Waals surface area contributed by atoms with Crippen molar-refractivity contribution in [3.05, 3.63) is 59.7 Å². The van der Waals surface area contributed by atoms with E-state index in [1.54, 1.807) is 24.9 Å². The molecule has 0 radical (unpaired) electrons. The number of anilines is 1. The summed E-state index contributed by atoms with van der Waals surface area (Å²) < 4.78 is 52.3. The van der Waals surface area contributed by atoms with E-state index in [4.69, 9.17) is 0 Å². The molecule has 2 aromatic carbocycles. The molecule has 0 aliphatic carbocycles. The van der Waals surface area contributed by atoms with Crippen LogP contribution >= 0.6 is 0 Å². The van der Waals surface area contributed by atoms with E-state index in [0.29, 0.717) is 5.69 Å². The topological polar surface area (TPSA) is 69.7 Å². The van der Waals surface area contributed by atoms with Crippen molar-refractivity contribution in [1.29, 1.82) is 0 Å². The number of benzene rings is 2. The Morgan fingerprint density at radius 2 is 1.79 bits per heavy atom. The monoisotopic (exact) mass is 411 g/mol. The van der Waals surface area contributed by atoms with Gasteiger partial charge in [0.25, 0.3) is 0 Å². The molecule has 1 atom stereocenters. The lowest BCUT2D eigenvalue weighted by atomic mass is 10.1. The summed E-state index contributed by atoms with van der Waals surface area (Å²) in [5, 5.41) is 2.67. The molecule has 2 rings (SSSR count). The van der Waals surface area contributed by atoms with Crippen LogP contribution in [-0.2, 0) is 21.4 Å². The average molecular weight is 411 g/mol. The first kappa shape index (κ1) is 21.9. The Hall–Kier alpha value is -2.36. The molecule has 1 N–H and O–H groups in total. The number of sulfonamides is 1. The maximum absolute atomic E-state index is 13.8. The van der Waals surface area contributed by atoms with Crippen molar-refractivity contribution in [2.45, 2.75) is 24.4 Å². The maximum Gasteiger partial charge on any atom is 0.242 e. The number of halogens is 2. The fourth-order valence-corrected chi connectivity index (χ4v) is 3.40. The number of carbonyl (C=O) groups is 1. The lowest BCUT2D eigenvalue weighted by molar-refractivity contribution is -0.120. The zero-order valence-electron chi connectivity index (χ0n) is 16.1. The van der Waals surface area contributed by atoms with Gasteiger partial charge in [0.1, 0.15) is 11.6 Å². The number of hydrogen-bond donors (Lipinski definition) is 1. The van der Waals surface area contributed by atoms with Gasteiger partial charge in [0.05, 0.1) is 10.9 Å². The van der Waals surface area contributed by atoms with Crippen LogP contribution in [0.5, 0.6) is 0 Å². The molecule has 0 bridgehead atoms.